The van der Waals surface area contributed by atoms with Crippen LogP contribution >= 0.6 is 11.3 Å². The van der Waals surface area contributed by atoms with Crippen molar-refractivity contribution in [3.8, 4) is 0 Å². The predicted octanol–water partition coefficient (Wildman–Crippen LogP) is 3.36. The number of ether oxygens (including phenoxy) is 1. The third kappa shape index (κ3) is 4.81. The molecule has 2 aliphatic heterocycles. The molecule has 1 aromatic heterocycles. The molecule has 2 aromatic rings. The number of rotatable bonds is 6. The molecule has 8 heteroatoms. The molecular formula is C24H30N4O3S. The summed E-state index contributed by atoms with van der Waals surface area (Å²) in [5.41, 5.74) is 4.95. The molecule has 1 fully saturated rings. The molecule has 1 aromatic carbocycles. The van der Waals surface area contributed by atoms with E-state index in [1.54, 1.807) is 6.92 Å². The molecule has 3 heterocycles. The van der Waals surface area contributed by atoms with Gasteiger partial charge in [-0.3, -0.25) is 4.90 Å². The van der Waals surface area contributed by atoms with E-state index in [0.29, 0.717) is 17.8 Å². The number of piperazine rings is 1. The lowest BCUT2D eigenvalue weighted by Crippen LogP contribution is -2.51. The number of aryl methyl sites for hydroxylation is 2. The first-order valence-electron chi connectivity index (χ1n) is 11.0. The smallest absolute Gasteiger partial charge is 0.338 e. The predicted molar refractivity (Wildman–Crippen MR) is 127 cm³/mol. The Balaban J connectivity index is 1.52. The van der Waals surface area contributed by atoms with Crippen LogP contribution in [0.5, 0.6) is 0 Å². The van der Waals surface area contributed by atoms with Crippen LogP contribution in [0.15, 0.2) is 47.0 Å². The topological polar surface area (TPSA) is 73.9 Å². The number of thiophene rings is 1. The molecule has 32 heavy (non-hydrogen) atoms. The van der Waals surface area contributed by atoms with Crippen LogP contribution in [0.4, 0.5) is 10.5 Å². The van der Waals surface area contributed by atoms with E-state index < -0.39 is 6.04 Å². The van der Waals surface area contributed by atoms with Gasteiger partial charge in [0.25, 0.3) is 0 Å². The summed E-state index contributed by atoms with van der Waals surface area (Å²) in [4.78, 5) is 30.9. The Bertz CT molecular complexity index is 1010. The lowest BCUT2D eigenvalue weighted by molar-refractivity contribution is -0.139. The minimum absolute atomic E-state index is 0.287. The maximum absolute atomic E-state index is 12.9. The van der Waals surface area contributed by atoms with E-state index in [2.05, 4.69) is 52.5 Å². The number of carbonyl (C=O) groups is 2. The summed E-state index contributed by atoms with van der Waals surface area (Å²) in [6.07, 6.45) is 0. The van der Waals surface area contributed by atoms with Crippen molar-refractivity contribution in [2.24, 2.45) is 0 Å². The van der Waals surface area contributed by atoms with Crippen LogP contribution in [0.2, 0.25) is 0 Å². The van der Waals surface area contributed by atoms with Crippen molar-refractivity contribution < 1.29 is 14.3 Å². The van der Waals surface area contributed by atoms with Crippen molar-refractivity contribution in [2.75, 3.05) is 44.2 Å². The molecule has 2 aliphatic rings. The van der Waals surface area contributed by atoms with Gasteiger partial charge in [0.2, 0.25) is 0 Å². The highest BCUT2D eigenvalue weighted by Gasteiger charge is 2.35. The average molecular weight is 455 g/mol. The van der Waals surface area contributed by atoms with Crippen molar-refractivity contribution >= 4 is 29.0 Å². The first kappa shape index (κ1) is 22.4. The minimum atomic E-state index is -0.491. The number of anilines is 1. The van der Waals surface area contributed by atoms with Gasteiger partial charge in [0.05, 0.1) is 18.2 Å². The van der Waals surface area contributed by atoms with Gasteiger partial charge < -0.3 is 20.3 Å². The molecule has 0 aliphatic carbocycles. The number of benzene rings is 1. The van der Waals surface area contributed by atoms with E-state index in [0.717, 1.165) is 31.1 Å². The first-order chi connectivity index (χ1) is 15.5. The molecule has 1 saturated heterocycles. The van der Waals surface area contributed by atoms with Gasteiger partial charge in [-0.05, 0) is 43.8 Å². The standard InChI is InChI=1S/C24H30N4O3S/c1-4-31-23(29)21-18(25-24(30)26-22(21)20-6-5-13-32-20)15-27-9-11-28(12-10-27)19-8-7-16(2)14-17(19)3/h5-8,13-14,22H,4,9-12,15H2,1-3H3,(H2,25,26,30)/t22-/m0/s1. The largest absolute Gasteiger partial charge is 0.463 e. The summed E-state index contributed by atoms with van der Waals surface area (Å²) in [7, 11) is 0. The molecule has 4 rings (SSSR count). The number of esters is 1. The van der Waals surface area contributed by atoms with Crippen LogP contribution in [0.1, 0.15) is 29.0 Å². The Morgan fingerprint density at radius 1 is 1.19 bits per heavy atom. The van der Waals surface area contributed by atoms with Crippen molar-refractivity contribution in [1.29, 1.82) is 0 Å². The molecule has 2 N–H and O–H groups in total. The first-order valence-corrected chi connectivity index (χ1v) is 11.9. The Labute approximate surface area is 193 Å². The fourth-order valence-corrected chi connectivity index (χ4v) is 5.18. The maximum atomic E-state index is 12.9. The zero-order chi connectivity index (χ0) is 22.7. The molecule has 0 spiro atoms. The summed E-state index contributed by atoms with van der Waals surface area (Å²) in [5.74, 6) is -0.387. The number of carbonyl (C=O) groups excluding carboxylic acids is 2. The normalized spacial score (nSPS) is 19.5. The lowest BCUT2D eigenvalue weighted by atomic mass is 10.0. The second-order valence-electron chi connectivity index (χ2n) is 8.21. The highest BCUT2D eigenvalue weighted by Crippen LogP contribution is 2.31. The monoisotopic (exact) mass is 454 g/mol. The third-order valence-corrected chi connectivity index (χ3v) is 6.86. The lowest BCUT2D eigenvalue weighted by Gasteiger charge is -2.38. The number of urea groups is 1. The summed E-state index contributed by atoms with van der Waals surface area (Å²) >= 11 is 1.51. The fourth-order valence-electron chi connectivity index (χ4n) is 4.39. The minimum Gasteiger partial charge on any atom is -0.463 e. The van der Waals surface area contributed by atoms with Gasteiger partial charge in [0.1, 0.15) is 0 Å². The molecule has 7 nitrogen and oxygen atoms in total. The SMILES string of the molecule is CCOC(=O)C1=C(CN2CCN(c3ccc(C)cc3C)CC2)NC(=O)N[C@H]1c1cccs1. The van der Waals surface area contributed by atoms with Crippen LogP contribution in [0.25, 0.3) is 0 Å². The van der Waals surface area contributed by atoms with Crippen LogP contribution in [-0.2, 0) is 9.53 Å². The molecule has 170 valence electrons. The highest BCUT2D eigenvalue weighted by atomic mass is 32.1. The molecule has 0 radical (unpaired) electrons. The number of nitrogens with one attached hydrogen (secondary N) is 2. The molecule has 2 amide bonds. The van der Waals surface area contributed by atoms with Crippen molar-refractivity contribution in [3.63, 3.8) is 0 Å². The quantitative estimate of drug-likeness (QED) is 0.655. The van der Waals surface area contributed by atoms with Crippen molar-refractivity contribution in [2.45, 2.75) is 26.8 Å². The van der Waals surface area contributed by atoms with E-state index in [1.807, 2.05) is 17.5 Å². The Hall–Kier alpha value is -2.84. The van der Waals surface area contributed by atoms with E-state index in [4.69, 9.17) is 4.74 Å². The summed E-state index contributed by atoms with van der Waals surface area (Å²) in [5, 5.41) is 7.71. The summed E-state index contributed by atoms with van der Waals surface area (Å²) in [6.45, 7) is 10.3. The molecular weight excluding hydrogens is 424 g/mol. The fraction of sp³-hybridized carbons (Fsp3) is 0.417. The summed E-state index contributed by atoms with van der Waals surface area (Å²) in [6, 6.07) is 9.63. The van der Waals surface area contributed by atoms with Gasteiger partial charge in [-0.15, -0.1) is 11.3 Å². The van der Waals surface area contributed by atoms with Crippen LogP contribution in [0, 0.1) is 13.8 Å². The average Bonchev–Trinajstić information content (AvgIpc) is 3.29. The zero-order valence-corrected chi connectivity index (χ0v) is 19.6. The molecule has 1 atom stereocenters. The Morgan fingerprint density at radius 2 is 1.97 bits per heavy atom. The van der Waals surface area contributed by atoms with Gasteiger partial charge in [0.15, 0.2) is 0 Å². The second-order valence-corrected chi connectivity index (χ2v) is 9.19. The highest BCUT2D eigenvalue weighted by molar-refractivity contribution is 7.10. The van der Waals surface area contributed by atoms with Gasteiger partial charge in [-0.25, -0.2) is 9.59 Å². The van der Waals surface area contributed by atoms with Gasteiger partial charge in [0, 0.05) is 49.0 Å². The summed E-state index contributed by atoms with van der Waals surface area (Å²) < 4.78 is 5.35. The van der Waals surface area contributed by atoms with E-state index in [-0.39, 0.29) is 18.6 Å². The zero-order valence-electron chi connectivity index (χ0n) is 18.8. The second kappa shape index (κ2) is 9.75. The number of hydrogen-bond donors (Lipinski definition) is 2. The maximum Gasteiger partial charge on any atom is 0.338 e. The number of hydrogen-bond acceptors (Lipinski definition) is 6. The van der Waals surface area contributed by atoms with Crippen LogP contribution in [0.3, 0.4) is 0 Å². The van der Waals surface area contributed by atoms with Gasteiger partial charge >= 0.3 is 12.0 Å². The molecule has 0 bridgehead atoms. The van der Waals surface area contributed by atoms with E-state index in [9.17, 15) is 9.59 Å². The number of nitrogens with zero attached hydrogens (tertiary/aromatic N) is 2. The van der Waals surface area contributed by atoms with Gasteiger partial charge in [-0.1, -0.05) is 23.8 Å². The van der Waals surface area contributed by atoms with Crippen LogP contribution < -0.4 is 15.5 Å². The Morgan fingerprint density at radius 3 is 2.62 bits per heavy atom. The van der Waals surface area contributed by atoms with E-state index in [1.165, 1.54) is 28.2 Å². The Kier molecular flexibility index (Phi) is 6.81. The van der Waals surface area contributed by atoms with Crippen molar-refractivity contribution in [1.82, 2.24) is 15.5 Å². The van der Waals surface area contributed by atoms with E-state index >= 15 is 0 Å². The molecule has 0 saturated carbocycles. The molecule has 0 unspecified atom stereocenters. The van der Waals surface area contributed by atoms with Crippen molar-refractivity contribution in [3.05, 3.63) is 63.0 Å². The van der Waals surface area contributed by atoms with Crippen LogP contribution in [-0.4, -0.2) is 56.2 Å². The number of amides is 2. The van der Waals surface area contributed by atoms with Gasteiger partial charge in [-0.2, -0.15) is 0 Å². The third-order valence-electron chi connectivity index (χ3n) is 5.92.